The molecule has 0 unspecified atom stereocenters. The minimum Gasteiger partial charge on any atom is -0.356 e. The fourth-order valence-electron chi connectivity index (χ4n) is 2.38. The molecule has 0 radical (unpaired) electrons. The third-order valence-corrected chi connectivity index (χ3v) is 4.76. The van der Waals surface area contributed by atoms with E-state index in [4.69, 9.17) is 0 Å². The molecule has 1 saturated carbocycles. The van der Waals surface area contributed by atoms with Gasteiger partial charge in [-0.3, -0.25) is 4.99 Å². The smallest absolute Gasteiger partial charge is 0.208 e. The fraction of sp³-hybridized carbons (Fsp3) is 0.923. The van der Waals surface area contributed by atoms with Crippen molar-refractivity contribution in [2.24, 2.45) is 10.4 Å². The molecule has 3 N–H and O–H groups in total. The summed E-state index contributed by atoms with van der Waals surface area (Å²) in [4.78, 5) is 4.19. The van der Waals surface area contributed by atoms with E-state index in [2.05, 4.69) is 27.3 Å². The van der Waals surface area contributed by atoms with E-state index in [0.717, 1.165) is 18.9 Å². The Morgan fingerprint density at radius 2 is 1.90 bits per heavy atom. The molecule has 1 aliphatic rings. The average molecular weight is 432 g/mol. The van der Waals surface area contributed by atoms with Crippen LogP contribution in [0.25, 0.3) is 0 Å². The first-order chi connectivity index (χ1) is 9.41. The summed E-state index contributed by atoms with van der Waals surface area (Å²) in [5.41, 5.74) is 0.454. The van der Waals surface area contributed by atoms with E-state index in [-0.39, 0.29) is 24.0 Å². The van der Waals surface area contributed by atoms with Crippen molar-refractivity contribution in [3.63, 3.8) is 0 Å². The summed E-state index contributed by atoms with van der Waals surface area (Å²) in [5, 5.41) is 6.58. The number of aliphatic imine (C=N–C) groups is 1. The minimum absolute atomic E-state index is 0. The first kappa shape index (κ1) is 20.9. The van der Waals surface area contributed by atoms with Crippen LogP contribution in [-0.4, -0.2) is 47.3 Å². The summed E-state index contributed by atoms with van der Waals surface area (Å²) in [7, 11) is -1.33. The van der Waals surface area contributed by atoms with Gasteiger partial charge >= 0.3 is 0 Å². The van der Waals surface area contributed by atoms with Gasteiger partial charge in [0.15, 0.2) is 5.96 Å². The van der Waals surface area contributed by atoms with Gasteiger partial charge in [-0.25, -0.2) is 13.1 Å². The Kier molecular flexibility index (Phi) is 9.79. The standard InChI is InChI=1S/C13H28N4O2S.HI/c1-4-13(7-5-8-13)11-16-12(14-2)15-9-6-10-17-20(3,18)19;/h17H,4-11H2,1-3H3,(H2,14,15,16);1H. The lowest BCUT2D eigenvalue weighted by molar-refractivity contribution is 0.131. The Hall–Kier alpha value is -0.0900. The lowest BCUT2D eigenvalue weighted by atomic mass is 9.67. The van der Waals surface area contributed by atoms with Gasteiger partial charge in [0.05, 0.1) is 6.26 Å². The van der Waals surface area contributed by atoms with Crippen molar-refractivity contribution < 1.29 is 8.42 Å². The van der Waals surface area contributed by atoms with Gasteiger partial charge in [-0.1, -0.05) is 13.3 Å². The van der Waals surface area contributed by atoms with Crippen LogP contribution < -0.4 is 15.4 Å². The maximum Gasteiger partial charge on any atom is 0.208 e. The fourth-order valence-corrected chi connectivity index (χ4v) is 2.89. The predicted octanol–water partition coefficient (Wildman–Crippen LogP) is 1.29. The van der Waals surface area contributed by atoms with E-state index in [1.54, 1.807) is 7.05 Å². The van der Waals surface area contributed by atoms with E-state index in [1.807, 2.05) is 0 Å². The zero-order chi connectivity index (χ0) is 15.1. The number of sulfonamides is 1. The topological polar surface area (TPSA) is 82.6 Å². The highest BCUT2D eigenvalue weighted by molar-refractivity contribution is 14.0. The molecule has 1 rings (SSSR count). The van der Waals surface area contributed by atoms with Gasteiger partial charge in [0.2, 0.25) is 10.0 Å². The Morgan fingerprint density at radius 1 is 1.24 bits per heavy atom. The summed E-state index contributed by atoms with van der Waals surface area (Å²) in [6.07, 6.45) is 7.03. The monoisotopic (exact) mass is 432 g/mol. The van der Waals surface area contributed by atoms with Crippen LogP contribution in [0.5, 0.6) is 0 Å². The summed E-state index contributed by atoms with van der Waals surface area (Å²) >= 11 is 0. The molecule has 0 spiro atoms. The number of hydrogen-bond acceptors (Lipinski definition) is 3. The average Bonchev–Trinajstić information content (AvgIpc) is 2.33. The van der Waals surface area contributed by atoms with Crippen LogP contribution in [0.15, 0.2) is 4.99 Å². The molecule has 0 aliphatic heterocycles. The molecule has 8 heteroatoms. The van der Waals surface area contributed by atoms with Crippen LogP contribution in [0, 0.1) is 5.41 Å². The molecule has 0 aromatic heterocycles. The van der Waals surface area contributed by atoms with Gasteiger partial charge in [-0.2, -0.15) is 0 Å². The largest absolute Gasteiger partial charge is 0.356 e. The molecule has 0 amide bonds. The second-order valence-electron chi connectivity index (χ2n) is 5.58. The highest BCUT2D eigenvalue weighted by Crippen LogP contribution is 2.42. The molecule has 0 heterocycles. The van der Waals surface area contributed by atoms with E-state index < -0.39 is 10.0 Å². The number of rotatable bonds is 8. The Bertz CT molecular complexity index is 416. The van der Waals surface area contributed by atoms with Crippen molar-refractivity contribution in [2.45, 2.75) is 39.0 Å². The van der Waals surface area contributed by atoms with Crippen LogP contribution >= 0.6 is 24.0 Å². The van der Waals surface area contributed by atoms with E-state index in [1.165, 1.54) is 31.9 Å². The molecule has 0 atom stereocenters. The molecule has 1 fully saturated rings. The number of hydrogen-bond donors (Lipinski definition) is 3. The zero-order valence-electron chi connectivity index (χ0n) is 13.2. The molecule has 1 aliphatic carbocycles. The molecular weight excluding hydrogens is 403 g/mol. The van der Waals surface area contributed by atoms with Crippen LogP contribution in [0.1, 0.15) is 39.0 Å². The summed E-state index contributed by atoms with van der Waals surface area (Å²) in [6.45, 7) is 4.35. The molecular formula is C13H29IN4O2S. The third-order valence-electron chi connectivity index (χ3n) is 4.03. The molecule has 0 aromatic rings. The summed E-state index contributed by atoms with van der Waals surface area (Å²) < 4.78 is 24.3. The summed E-state index contributed by atoms with van der Waals surface area (Å²) in [5.74, 6) is 0.795. The lowest BCUT2D eigenvalue weighted by Gasteiger charge is -2.41. The first-order valence-corrected chi connectivity index (χ1v) is 9.19. The second-order valence-corrected chi connectivity index (χ2v) is 7.41. The van der Waals surface area contributed by atoms with Gasteiger partial charge in [0.25, 0.3) is 0 Å². The van der Waals surface area contributed by atoms with Crippen molar-refractivity contribution in [3.05, 3.63) is 0 Å². The number of nitrogens with zero attached hydrogens (tertiary/aromatic N) is 1. The van der Waals surface area contributed by atoms with Crippen molar-refractivity contribution >= 4 is 40.0 Å². The minimum atomic E-state index is -3.08. The Labute approximate surface area is 146 Å². The van der Waals surface area contributed by atoms with Crippen molar-refractivity contribution in [1.82, 2.24) is 15.4 Å². The van der Waals surface area contributed by atoms with Gasteiger partial charge in [-0.15, -0.1) is 24.0 Å². The van der Waals surface area contributed by atoms with Gasteiger partial charge in [0, 0.05) is 26.7 Å². The highest BCUT2D eigenvalue weighted by Gasteiger charge is 2.34. The normalized spacial score (nSPS) is 17.6. The number of halogens is 1. The maximum atomic E-state index is 10.9. The Balaban J connectivity index is 0.00000400. The van der Waals surface area contributed by atoms with E-state index in [0.29, 0.717) is 18.5 Å². The van der Waals surface area contributed by atoms with E-state index >= 15 is 0 Å². The van der Waals surface area contributed by atoms with Crippen molar-refractivity contribution in [3.8, 4) is 0 Å². The molecule has 126 valence electrons. The van der Waals surface area contributed by atoms with Gasteiger partial charge in [0.1, 0.15) is 0 Å². The second kappa shape index (κ2) is 9.83. The van der Waals surface area contributed by atoms with Crippen LogP contribution in [0.3, 0.4) is 0 Å². The van der Waals surface area contributed by atoms with Crippen LogP contribution in [-0.2, 0) is 10.0 Å². The van der Waals surface area contributed by atoms with Crippen LogP contribution in [0.4, 0.5) is 0 Å². The molecule has 21 heavy (non-hydrogen) atoms. The third kappa shape index (κ3) is 8.20. The number of guanidine groups is 1. The van der Waals surface area contributed by atoms with Crippen molar-refractivity contribution in [2.75, 3.05) is 32.9 Å². The SMILES string of the molecule is CCC1(CNC(=NC)NCCCNS(C)(=O)=O)CCC1.I. The molecule has 0 bridgehead atoms. The lowest BCUT2D eigenvalue weighted by Crippen LogP contribution is -2.46. The predicted molar refractivity (Wildman–Crippen MR) is 98.8 cm³/mol. The van der Waals surface area contributed by atoms with Crippen LogP contribution in [0.2, 0.25) is 0 Å². The highest BCUT2D eigenvalue weighted by atomic mass is 127. The maximum absolute atomic E-state index is 10.9. The molecule has 0 saturated heterocycles. The van der Waals surface area contributed by atoms with Gasteiger partial charge in [-0.05, 0) is 31.1 Å². The molecule has 0 aromatic carbocycles. The molecule has 6 nitrogen and oxygen atoms in total. The van der Waals surface area contributed by atoms with E-state index in [9.17, 15) is 8.42 Å². The zero-order valence-corrected chi connectivity index (χ0v) is 16.4. The number of nitrogens with one attached hydrogen (secondary N) is 3. The first-order valence-electron chi connectivity index (χ1n) is 7.30. The van der Waals surface area contributed by atoms with Crippen molar-refractivity contribution in [1.29, 1.82) is 0 Å². The summed E-state index contributed by atoms with van der Waals surface area (Å²) in [6, 6.07) is 0. The quantitative estimate of drug-likeness (QED) is 0.234. The van der Waals surface area contributed by atoms with Gasteiger partial charge < -0.3 is 10.6 Å². The Morgan fingerprint density at radius 3 is 2.33 bits per heavy atom.